The standard InChI is InChI=1S/C19H19N3O4/c1-12(23)18-16(19(24)21-11-13-4-3-9-20-10-13)17(22-26-18)14-5-7-15(25-2)8-6-14/h3-10,12,23H,11H2,1-2H3,(H,21,24)/t12-/m0/s1. The molecule has 0 aliphatic carbocycles. The summed E-state index contributed by atoms with van der Waals surface area (Å²) in [6, 6.07) is 10.7. The molecule has 2 N–H and O–H groups in total. The fourth-order valence-electron chi connectivity index (χ4n) is 2.53. The molecule has 0 radical (unpaired) electrons. The van der Waals surface area contributed by atoms with Crippen LogP contribution in [0, 0.1) is 0 Å². The summed E-state index contributed by atoms with van der Waals surface area (Å²) in [6.07, 6.45) is 2.38. The molecule has 0 saturated carbocycles. The molecule has 3 aromatic rings. The summed E-state index contributed by atoms with van der Waals surface area (Å²) >= 11 is 0. The van der Waals surface area contributed by atoms with Crippen LogP contribution in [-0.4, -0.2) is 28.3 Å². The lowest BCUT2D eigenvalue weighted by molar-refractivity contribution is 0.0938. The molecule has 0 bridgehead atoms. The van der Waals surface area contributed by atoms with Crippen molar-refractivity contribution < 1.29 is 19.2 Å². The molecule has 0 saturated heterocycles. The number of rotatable bonds is 6. The van der Waals surface area contributed by atoms with Crippen LogP contribution in [0.25, 0.3) is 11.3 Å². The number of hydrogen-bond donors (Lipinski definition) is 2. The molecule has 26 heavy (non-hydrogen) atoms. The first-order valence-corrected chi connectivity index (χ1v) is 8.09. The summed E-state index contributed by atoms with van der Waals surface area (Å²) in [6.45, 7) is 1.83. The molecule has 1 aromatic carbocycles. The van der Waals surface area contributed by atoms with Crippen LogP contribution in [-0.2, 0) is 6.54 Å². The number of carbonyl (C=O) groups excluding carboxylic acids is 1. The molecule has 2 aromatic heterocycles. The predicted octanol–water partition coefficient (Wildman–Crippen LogP) is 2.73. The highest BCUT2D eigenvalue weighted by molar-refractivity contribution is 6.00. The monoisotopic (exact) mass is 353 g/mol. The van der Waals surface area contributed by atoms with E-state index in [2.05, 4.69) is 15.5 Å². The Hall–Kier alpha value is -3.19. The third kappa shape index (κ3) is 3.73. The van der Waals surface area contributed by atoms with E-state index in [1.165, 1.54) is 6.92 Å². The highest BCUT2D eigenvalue weighted by Gasteiger charge is 2.26. The van der Waals surface area contributed by atoms with Crippen LogP contribution >= 0.6 is 0 Å². The fraction of sp³-hybridized carbons (Fsp3) is 0.211. The predicted molar refractivity (Wildman–Crippen MR) is 94.5 cm³/mol. The maximum absolute atomic E-state index is 12.8. The van der Waals surface area contributed by atoms with Crippen LogP contribution in [0.4, 0.5) is 0 Å². The summed E-state index contributed by atoms with van der Waals surface area (Å²) in [5.74, 6) is 0.437. The Bertz CT molecular complexity index is 874. The van der Waals surface area contributed by atoms with Gasteiger partial charge in [-0.2, -0.15) is 0 Å². The zero-order chi connectivity index (χ0) is 18.5. The molecular formula is C19H19N3O4. The lowest BCUT2D eigenvalue weighted by Gasteiger charge is -2.08. The van der Waals surface area contributed by atoms with Gasteiger partial charge in [-0.05, 0) is 42.8 Å². The SMILES string of the molecule is COc1ccc(-c2noc([C@H](C)O)c2C(=O)NCc2cccnc2)cc1. The van der Waals surface area contributed by atoms with Crippen LogP contribution in [0.2, 0.25) is 0 Å². The summed E-state index contributed by atoms with van der Waals surface area (Å²) < 4.78 is 10.4. The molecule has 2 heterocycles. The van der Waals surface area contributed by atoms with Gasteiger partial charge in [-0.3, -0.25) is 9.78 Å². The zero-order valence-corrected chi connectivity index (χ0v) is 14.5. The summed E-state index contributed by atoms with van der Waals surface area (Å²) in [5.41, 5.74) is 2.14. The van der Waals surface area contributed by atoms with Gasteiger partial charge in [0.1, 0.15) is 23.1 Å². The molecule has 0 aliphatic rings. The van der Waals surface area contributed by atoms with Gasteiger partial charge in [-0.1, -0.05) is 11.2 Å². The number of aliphatic hydroxyl groups is 1. The van der Waals surface area contributed by atoms with Gasteiger partial charge in [0.05, 0.1) is 7.11 Å². The lowest BCUT2D eigenvalue weighted by atomic mass is 10.0. The number of methoxy groups -OCH3 is 1. The van der Waals surface area contributed by atoms with Crippen molar-refractivity contribution in [2.24, 2.45) is 0 Å². The summed E-state index contributed by atoms with van der Waals surface area (Å²) in [4.78, 5) is 16.8. The van der Waals surface area contributed by atoms with Crippen molar-refractivity contribution in [3.63, 3.8) is 0 Å². The van der Waals surface area contributed by atoms with E-state index >= 15 is 0 Å². The molecular weight excluding hydrogens is 334 g/mol. The summed E-state index contributed by atoms with van der Waals surface area (Å²) in [7, 11) is 1.58. The van der Waals surface area contributed by atoms with Gasteiger partial charge in [-0.25, -0.2) is 0 Å². The Morgan fingerprint density at radius 1 is 1.31 bits per heavy atom. The molecule has 134 valence electrons. The van der Waals surface area contributed by atoms with E-state index in [9.17, 15) is 9.90 Å². The van der Waals surface area contributed by atoms with Crippen LogP contribution in [0.15, 0.2) is 53.3 Å². The van der Waals surface area contributed by atoms with Gasteiger partial charge < -0.3 is 19.7 Å². The van der Waals surface area contributed by atoms with E-state index in [4.69, 9.17) is 9.26 Å². The molecule has 0 fully saturated rings. The first kappa shape index (κ1) is 17.6. The minimum atomic E-state index is -0.964. The fourth-order valence-corrected chi connectivity index (χ4v) is 2.53. The number of amides is 1. The average molecular weight is 353 g/mol. The molecule has 1 atom stereocenters. The van der Waals surface area contributed by atoms with E-state index < -0.39 is 6.10 Å². The van der Waals surface area contributed by atoms with Gasteiger partial charge >= 0.3 is 0 Å². The van der Waals surface area contributed by atoms with Crippen molar-refractivity contribution in [3.8, 4) is 17.0 Å². The Morgan fingerprint density at radius 2 is 2.08 bits per heavy atom. The molecule has 0 unspecified atom stereocenters. The Kier molecular flexibility index (Phi) is 5.28. The lowest BCUT2D eigenvalue weighted by Crippen LogP contribution is -2.24. The van der Waals surface area contributed by atoms with Crippen LogP contribution < -0.4 is 10.1 Å². The maximum atomic E-state index is 12.8. The summed E-state index contributed by atoms with van der Waals surface area (Å²) in [5, 5.41) is 16.7. The van der Waals surface area contributed by atoms with E-state index in [-0.39, 0.29) is 17.2 Å². The Morgan fingerprint density at radius 3 is 2.69 bits per heavy atom. The highest BCUT2D eigenvalue weighted by Crippen LogP contribution is 2.30. The van der Waals surface area contributed by atoms with Crippen molar-refractivity contribution in [3.05, 3.63) is 65.7 Å². The number of aliphatic hydroxyl groups excluding tert-OH is 1. The highest BCUT2D eigenvalue weighted by atomic mass is 16.5. The second-order valence-corrected chi connectivity index (χ2v) is 5.72. The average Bonchev–Trinajstić information content (AvgIpc) is 3.12. The quantitative estimate of drug-likeness (QED) is 0.707. The first-order chi connectivity index (χ1) is 12.6. The number of hydrogen-bond acceptors (Lipinski definition) is 6. The van der Waals surface area contributed by atoms with E-state index in [0.29, 0.717) is 23.6 Å². The molecule has 7 heteroatoms. The molecule has 0 aliphatic heterocycles. The van der Waals surface area contributed by atoms with Gasteiger partial charge in [-0.15, -0.1) is 0 Å². The van der Waals surface area contributed by atoms with Crippen molar-refractivity contribution in [1.82, 2.24) is 15.5 Å². The number of carbonyl (C=O) groups is 1. The van der Waals surface area contributed by atoms with Crippen LogP contribution in [0.5, 0.6) is 5.75 Å². The van der Waals surface area contributed by atoms with Gasteiger partial charge in [0, 0.05) is 24.5 Å². The van der Waals surface area contributed by atoms with E-state index in [1.54, 1.807) is 49.8 Å². The number of nitrogens with zero attached hydrogens (tertiary/aromatic N) is 2. The smallest absolute Gasteiger partial charge is 0.257 e. The number of nitrogens with one attached hydrogen (secondary N) is 1. The van der Waals surface area contributed by atoms with E-state index in [1.807, 2.05) is 6.07 Å². The molecule has 0 spiro atoms. The largest absolute Gasteiger partial charge is 0.497 e. The third-order valence-corrected chi connectivity index (χ3v) is 3.86. The van der Waals surface area contributed by atoms with Gasteiger partial charge in [0.25, 0.3) is 5.91 Å². The van der Waals surface area contributed by atoms with Crippen LogP contribution in [0.1, 0.15) is 34.7 Å². The number of pyridine rings is 1. The molecule has 3 rings (SSSR count). The normalized spacial score (nSPS) is 11.8. The van der Waals surface area contributed by atoms with Crippen LogP contribution in [0.3, 0.4) is 0 Å². The minimum absolute atomic E-state index is 0.125. The maximum Gasteiger partial charge on any atom is 0.257 e. The molecule has 1 amide bonds. The van der Waals surface area contributed by atoms with Crippen molar-refractivity contribution in [2.45, 2.75) is 19.6 Å². The first-order valence-electron chi connectivity index (χ1n) is 8.09. The van der Waals surface area contributed by atoms with Gasteiger partial charge in [0.15, 0.2) is 5.76 Å². The number of aromatic nitrogens is 2. The number of benzene rings is 1. The topological polar surface area (TPSA) is 97.5 Å². The minimum Gasteiger partial charge on any atom is -0.497 e. The molecule has 7 nitrogen and oxygen atoms in total. The Balaban J connectivity index is 1.90. The third-order valence-electron chi connectivity index (χ3n) is 3.86. The second kappa shape index (κ2) is 7.79. The Labute approximate surface area is 150 Å². The second-order valence-electron chi connectivity index (χ2n) is 5.72. The van der Waals surface area contributed by atoms with Gasteiger partial charge in [0.2, 0.25) is 0 Å². The van der Waals surface area contributed by atoms with Crippen molar-refractivity contribution >= 4 is 5.91 Å². The van der Waals surface area contributed by atoms with Crippen molar-refractivity contribution in [2.75, 3.05) is 7.11 Å². The zero-order valence-electron chi connectivity index (χ0n) is 14.5. The van der Waals surface area contributed by atoms with E-state index in [0.717, 1.165) is 5.56 Å². The number of ether oxygens (including phenoxy) is 1. The van der Waals surface area contributed by atoms with Crippen molar-refractivity contribution in [1.29, 1.82) is 0 Å².